The number of rotatable bonds is 2. The average Bonchev–Trinajstić information content (AvgIpc) is 2.08. The molecule has 0 bridgehead atoms. The largest absolute Gasteiger partial charge is 0.508 e. The molecular weight excluding hydrogens is 148 g/mol. The Morgan fingerprint density at radius 1 is 1.42 bits per heavy atom. The van der Waals surface area contributed by atoms with E-state index in [9.17, 15) is 5.11 Å². The van der Waals surface area contributed by atoms with Crippen LogP contribution in [0.5, 0.6) is 5.75 Å². The van der Waals surface area contributed by atoms with Crippen LogP contribution in [0.2, 0.25) is 0 Å². The summed E-state index contributed by atoms with van der Waals surface area (Å²) in [4.78, 5) is 0. The highest BCUT2D eigenvalue weighted by Gasteiger charge is 2.04. The second-order valence-electron chi connectivity index (χ2n) is 3.36. The number of hydrogen-bond acceptors (Lipinski definition) is 1. The van der Waals surface area contributed by atoms with Crippen molar-refractivity contribution in [2.75, 3.05) is 0 Å². The molecule has 0 fully saturated rings. The first-order valence-electron chi connectivity index (χ1n) is 4.44. The molecule has 12 heavy (non-hydrogen) atoms. The van der Waals surface area contributed by atoms with Crippen LogP contribution >= 0.6 is 0 Å². The van der Waals surface area contributed by atoms with Gasteiger partial charge in [-0.25, -0.2) is 0 Å². The average molecular weight is 164 g/mol. The van der Waals surface area contributed by atoms with Crippen molar-refractivity contribution in [1.29, 1.82) is 0 Å². The predicted molar refractivity (Wildman–Crippen MR) is 51.5 cm³/mol. The summed E-state index contributed by atoms with van der Waals surface area (Å²) in [6.45, 7) is 6.24. The van der Waals surface area contributed by atoms with Crippen molar-refractivity contribution in [3.63, 3.8) is 0 Å². The maximum absolute atomic E-state index is 9.44. The van der Waals surface area contributed by atoms with Crippen LogP contribution in [0.4, 0.5) is 0 Å². The Morgan fingerprint density at radius 3 is 2.58 bits per heavy atom. The van der Waals surface area contributed by atoms with Gasteiger partial charge in [-0.05, 0) is 36.5 Å². The second kappa shape index (κ2) is 3.61. The lowest BCUT2D eigenvalue weighted by molar-refractivity contribution is 0.469. The van der Waals surface area contributed by atoms with Gasteiger partial charge in [0.25, 0.3) is 0 Å². The molecule has 1 atom stereocenters. The van der Waals surface area contributed by atoms with E-state index in [1.165, 1.54) is 5.56 Å². The molecule has 1 unspecified atom stereocenters. The minimum Gasteiger partial charge on any atom is -0.508 e. The van der Waals surface area contributed by atoms with Crippen molar-refractivity contribution < 1.29 is 5.11 Å². The van der Waals surface area contributed by atoms with Crippen LogP contribution in [0.3, 0.4) is 0 Å². The molecule has 66 valence electrons. The first-order chi connectivity index (χ1) is 5.65. The molecule has 0 spiro atoms. The molecule has 0 radical (unpaired) electrons. The third kappa shape index (κ3) is 1.79. The van der Waals surface area contributed by atoms with E-state index in [2.05, 4.69) is 19.9 Å². The van der Waals surface area contributed by atoms with Gasteiger partial charge in [0, 0.05) is 0 Å². The van der Waals surface area contributed by atoms with Gasteiger partial charge in [-0.1, -0.05) is 26.0 Å². The Morgan fingerprint density at radius 2 is 2.08 bits per heavy atom. The molecule has 1 heteroatoms. The van der Waals surface area contributed by atoms with Crippen LogP contribution < -0.4 is 0 Å². The zero-order valence-corrected chi connectivity index (χ0v) is 7.96. The molecule has 1 aromatic rings. The van der Waals surface area contributed by atoms with Crippen LogP contribution in [0.15, 0.2) is 18.2 Å². The molecule has 0 amide bonds. The maximum atomic E-state index is 9.44. The van der Waals surface area contributed by atoms with Crippen molar-refractivity contribution in [3.8, 4) is 5.75 Å². The topological polar surface area (TPSA) is 20.2 Å². The quantitative estimate of drug-likeness (QED) is 0.711. The molecule has 0 aliphatic carbocycles. The van der Waals surface area contributed by atoms with E-state index in [0.717, 1.165) is 12.0 Å². The summed E-state index contributed by atoms with van der Waals surface area (Å²) in [5.74, 6) is 0.948. The van der Waals surface area contributed by atoms with Gasteiger partial charge in [-0.3, -0.25) is 0 Å². The predicted octanol–water partition coefficient (Wildman–Crippen LogP) is 3.21. The first-order valence-corrected chi connectivity index (χ1v) is 4.44. The summed E-state index contributed by atoms with van der Waals surface area (Å²) in [7, 11) is 0. The molecule has 1 N–H and O–H groups in total. The van der Waals surface area contributed by atoms with Crippen molar-refractivity contribution in [1.82, 2.24) is 0 Å². The molecule has 1 nitrogen and oxygen atoms in total. The first kappa shape index (κ1) is 9.11. The van der Waals surface area contributed by atoms with E-state index in [0.29, 0.717) is 11.7 Å². The molecule has 0 saturated carbocycles. The fourth-order valence-corrected chi connectivity index (χ4v) is 1.17. The summed E-state index contributed by atoms with van der Waals surface area (Å²) >= 11 is 0. The van der Waals surface area contributed by atoms with E-state index in [1.807, 2.05) is 19.1 Å². The van der Waals surface area contributed by atoms with E-state index >= 15 is 0 Å². The van der Waals surface area contributed by atoms with Crippen molar-refractivity contribution >= 4 is 0 Å². The van der Waals surface area contributed by atoms with E-state index in [-0.39, 0.29) is 0 Å². The molecular formula is C11H16O. The standard InChI is InChI=1S/C11H16O/c1-4-8(2)10-6-5-9(3)11(12)7-10/h5-8,12H,4H2,1-3H3. The minimum atomic E-state index is 0.410. The monoisotopic (exact) mass is 164 g/mol. The van der Waals surface area contributed by atoms with Crippen molar-refractivity contribution in [2.24, 2.45) is 0 Å². The van der Waals surface area contributed by atoms with E-state index in [1.54, 1.807) is 0 Å². The summed E-state index contributed by atoms with van der Waals surface area (Å²) in [5, 5.41) is 9.44. The summed E-state index contributed by atoms with van der Waals surface area (Å²) < 4.78 is 0. The Bertz CT molecular complexity index is 266. The molecule has 0 heterocycles. The van der Waals surface area contributed by atoms with Gasteiger partial charge in [0.15, 0.2) is 0 Å². The van der Waals surface area contributed by atoms with Crippen LogP contribution in [-0.4, -0.2) is 5.11 Å². The second-order valence-corrected chi connectivity index (χ2v) is 3.36. The third-order valence-electron chi connectivity index (χ3n) is 2.41. The fourth-order valence-electron chi connectivity index (χ4n) is 1.17. The van der Waals surface area contributed by atoms with Crippen LogP contribution in [0, 0.1) is 6.92 Å². The highest BCUT2D eigenvalue weighted by molar-refractivity contribution is 5.36. The Labute approximate surface area is 74.1 Å². The van der Waals surface area contributed by atoms with Gasteiger partial charge in [0.2, 0.25) is 0 Å². The smallest absolute Gasteiger partial charge is 0.118 e. The number of hydrogen-bond donors (Lipinski definition) is 1. The normalized spacial score (nSPS) is 12.9. The van der Waals surface area contributed by atoms with E-state index in [4.69, 9.17) is 0 Å². The number of benzene rings is 1. The number of aryl methyl sites for hydroxylation is 1. The zero-order chi connectivity index (χ0) is 9.14. The highest BCUT2D eigenvalue weighted by atomic mass is 16.3. The third-order valence-corrected chi connectivity index (χ3v) is 2.41. The van der Waals surface area contributed by atoms with Crippen molar-refractivity contribution in [3.05, 3.63) is 29.3 Å². The number of phenolic OH excluding ortho intramolecular Hbond substituents is 1. The Balaban J connectivity index is 2.96. The van der Waals surface area contributed by atoms with Gasteiger partial charge in [0.1, 0.15) is 5.75 Å². The summed E-state index contributed by atoms with van der Waals surface area (Å²) in [5.41, 5.74) is 2.17. The summed E-state index contributed by atoms with van der Waals surface area (Å²) in [6.07, 6.45) is 1.11. The lowest BCUT2D eigenvalue weighted by atomic mass is 9.97. The number of aromatic hydroxyl groups is 1. The fraction of sp³-hybridized carbons (Fsp3) is 0.455. The Kier molecular flexibility index (Phi) is 2.74. The highest BCUT2D eigenvalue weighted by Crippen LogP contribution is 2.24. The van der Waals surface area contributed by atoms with Gasteiger partial charge < -0.3 is 5.11 Å². The lowest BCUT2D eigenvalue weighted by Crippen LogP contribution is -1.90. The number of phenols is 1. The minimum absolute atomic E-state index is 0.410. The van der Waals surface area contributed by atoms with Crippen LogP contribution in [0.25, 0.3) is 0 Å². The lowest BCUT2D eigenvalue weighted by Gasteiger charge is -2.09. The van der Waals surface area contributed by atoms with E-state index < -0.39 is 0 Å². The SMILES string of the molecule is CCC(C)c1ccc(C)c(O)c1. The molecule has 0 aliphatic heterocycles. The molecule has 0 saturated heterocycles. The Hall–Kier alpha value is -0.980. The van der Waals surface area contributed by atoms with Crippen LogP contribution in [-0.2, 0) is 0 Å². The van der Waals surface area contributed by atoms with Gasteiger partial charge in [0.05, 0.1) is 0 Å². The zero-order valence-electron chi connectivity index (χ0n) is 7.96. The van der Waals surface area contributed by atoms with Crippen molar-refractivity contribution in [2.45, 2.75) is 33.1 Å². The van der Waals surface area contributed by atoms with Gasteiger partial charge >= 0.3 is 0 Å². The summed E-state index contributed by atoms with van der Waals surface area (Å²) in [6, 6.07) is 5.92. The molecule has 1 rings (SSSR count). The molecule has 1 aromatic carbocycles. The maximum Gasteiger partial charge on any atom is 0.118 e. The molecule has 0 aliphatic rings. The van der Waals surface area contributed by atoms with Gasteiger partial charge in [-0.2, -0.15) is 0 Å². The van der Waals surface area contributed by atoms with Crippen LogP contribution in [0.1, 0.15) is 37.3 Å². The molecule has 0 aromatic heterocycles. The van der Waals surface area contributed by atoms with Gasteiger partial charge in [-0.15, -0.1) is 0 Å².